The van der Waals surface area contributed by atoms with Crippen LogP contribution in [0.5, 0.6) is 5.75 Å². The molecule has 0 aliphatic heterocycles. The van der Waals surface area contributed by atoms with Crippen LogP contribution in [-0.2, 0) is 0 Å². The minimum absolute atomic E-state index is 0.0955. The van der Waals surface area contributed by atoms with Gasteiger partial charge >= 0.3 is 0 Å². The summed E-state index contributed by atoms with van der Waals surface area (Å²) < 4.78 is 19.4. The summed E-state index contributed by atoms with van der Waals surface area (Å²) in [6.45, 7) is 7.46. The molecule has 0 heterocycles. The quantitative estimate of drug-likeness (QED) is 0.866. The van der Waals surface area contributed by atoms with Gasteiger partial charge in [-0.25, -0.2) is 4.39 Å². The maximum Gasteiger partial charge on any atom is 0.165 e. The Balaban J connectivity index is 2.06. The number of benzene rings is 1. The molecule has 1 aliphatic carbocycles. The van der Waals surface area contributed by atoms with E-state index in [4.69, 9.17) is 4.74 Å². The zero-order chi connectivity index (χ0) is 13.2. The van der Waals surface area contributed by atoms with Crippen molar-refractivity contribution in [2.75, 3.05) is 6.54 Å². The van der Waals surface area contributed by atoms with E-state index >= 15 is 0 Å². The molecule has 3 heteroatoms. The summed E-state index contributed by atoms with van der Waals surface area (Å²) in [6.07, 6.45) is 2.08. The lowest BCUT2D eigenvalue weighted by Gasteiger charge is -2.53. The number of hydrogen-bond donors (Lipinski definition) is 1. The minimum atomic E-state index is -0.275. The van der Waals surface area contributed by atoms with Gasteiger partial charge in [0.1, 0.15) is 6.10 Å². The number of para-hydroxylation sites is 1. The molecule has 18 heavy (non-hydrogen) atoms. The number of hydrogen-bond acceptors (Lipinski definition) is 2. The van der Waals surface area contributed by atoms with Gasteiger partial charge in [-0.2, -0.15) is 0 Å². The van der Waals surface area contributed by atoms with Crippen LogP contribution in [0.4, 0.5) is 4.39 Å². The Bertz CT molecular complexity index is 409. The average Bonchev–Trinajstić information content (AvgIpc) is 2.38. The van der Waals surface area contributed by atoms with Crippen molar-refractivity contribution < 1.29 is 9.13 Å². The molecule has 1 saturated carbocycles. The molecule has 0 saturated heterocycles. The smallest absolute Gasteiger partial charge is 0.165 e. The van der Waals surface area contributed by atoms with Crippen LogP contribution in [0.3, 0.4) is 0 Å². The highest BCUT2D eigenvalue weighted by Gasteiger charge is 2.51. The van der Waals surface area contributed by atoms with Crippen molar-refractivity contribution in [3.63, 3.8) is 0 Å². The van der Waals surface area contributed by atoms with Gasteiger partial charge in [-0.1, -0.05) is 32.9 Å². The molecule has 0 aromatic heterocycles. The van der Waals surface area contributed by atoms with E-state index in [0.717, 1.165) is 19.4 Å². The molecular formula is C15H22FNO. The lowest BCUT2D eigenvalue weighted by Crippen LogP contribution is -2.63. The molecule has 2 nitrogen and oxygen atoms in total. The zero-order valence-corrected chi connectivity index (χ0v) is 11.4. The molecular weight excluding hydrogens is 229 g/mol. The van der Waals surface area contributed by atoms with Gasteiger partial charge in [-0.15, -0.1) is 0 Å². The predicted molar refractivity (Wildman–Crippen MR) is 71.3 cm³/mol. The Kier molecular flexibility index (Phi) is 3.91. The summed E-state index contributed by atoms with van der Waals surface area (Å²) in [5.74, 6) is 0.0972. The first-order valence-electron chi connectivity index (χ1n) is 6.76. The van der Waals surface area contributed by atoms with Crippen LogP contribution >= 0.6 is 0 Å². The average molecular weight is 251 g/mol. The third-order valence-electron chi connectivity index (χ3n) is 4.30. The van der Waals surface area contributed by atoms with Crippen LogP contribution in [0.15, 0.2) is 24.3 Å². The van der Waals surface area contributed by atoms with Crippen molar-refractivity contribution in [1.82, 2.24) is 5.32 Å². The molecule has 0 spiro atoms. The molecule has 3 atom stereocenters. The highest BCUT2D eigenvalue weighted by atomic mass is 19.1. The first-order chi connectivity index (χ1) is 8.61. The molecule has 0 amide bonds. The fourth-order valence-corrected chi connectivity index (χ4v) is 2.73. The van der Waals surface area contributed by atoms with Crippen molar-refractivity contribution in [3.05, 3.63) is 30.1 Å². The van der Waals surface area contributed by atoms with E-state index in [2.05, 4.69) is 26.1 Å². The van der Waals surface area contributed by atoms with Crippen molar-refractivity contribution in [2.45, 2.75) is 45.8 Å². The van der Waals surface area contributed by atoms with Gasteiger partial charge < -0.3 is 10.1 Å². The molecule has 3 unspecified atom stereocenters. The molecule has 1 aromatic rings. The molecule has 100 valence electrons. The lowest BCUT2D eigenvalue weighted by atomic mass is 9.61. The molecule has 1 N–H and O–H groups in total. The Morgan fingerprint density at radius 2 is 2.11 bits per heavy atom. The summed E-state index contributed by atoms with van der Waals surface area (Å²) in [7, 11) is 0. The Hall–Kier alpha value is -1.09. The van der Waals surface area contributed by atoms with Crippen LogP contribution in [0.1, 0.15) is 33.6 Å². The van der Waals surface area contributed by atoms with Crippen LogP contribution in [0, 0.1) is 11.2 Å². The van der Waals surface area contributed by atoms with Crippen LogP contribution in [0.25, 0.3) is 0 Å². The third-order valence-corrected chi connectivity index (χ3v) is 4.30. The zero-order valence-electron chi connectivity index (χ0n) is 11.4. The van der Waals surface area contributed by atoms with Gasteiger partial charge in [0.05, 0.1) is 0 Å². The Morgan fingerprint density at radius 3 is 2.72 bits per heavy atom. The van der Waals surface area contributed by atoms with Gasteiger partial charge in [0.25, 0.3) is 0 Å². The molecule has 1 aromatic carbocycles. The number of nitrogens with one attached hydrogen (secondary N) is 1. The van der Waals surface area contributed by atoms with E-state index in [1.807, 2.05) is 6.07 Å². The summed E-state index contributed by atoms with van der Waals surface area (Å²) >= 11 is 0. The second-order valence-corrected chi connectivity index (χ2v) is 5.24. The summed E-state index contributed by atoms with van der Waals surface area (Å²) in [6, 6.07) is 7.11. The lowest BCUT2D eigenvalue weighted by molar-refractivity contribution is -0.0712. The fourth-order valence-electron chi connectivity index (χ4n) is 2.73. The van der Waals surface area contributed by atoms with Crippen molar-refractivity contribution in [1.29, 1.82) is 0 Å². The topological polar surface area (TPSA) is 21.3 Å². The number of rotatable bonds is 5. The van der Waals surface area contributed by atoms with Crippen molar-refractivity contribution >= 4 is 0 Å². The molecule has 0 bridgehead atoms. The highest BCUT2D eigenvalue weighted by Crippen LogP contribution is 2.46. The van der Waals surface area contributed by atoms with Gasteiger partial charge in [-0.3, -0.25) is 0 Å². The summed E-state index contributed by atoms with van der Waals surface area (Å²) in [5, 5.41) is 3.48. The fraction of sp³-hybridized carbons (Fsp3) is 0.600. The van der Waals surface area contributed by atoms with E-state index in [0.29, 0.717) is 11.8 Å². The Morgan fingerprint density at radius 1 is 1.39 bits per heavy atom. The Labute approximate surface area is 109 Å². The van der Waals surface area contributed by atoms with Crippen molar-refractivity contribution in [2.24, 2.45) is 5.41 Å². The molecule has 2 rings (SSSR count). The van der Waals surface area contributed by atoms with E-state index < -0.39 is 0 Å². The second-order valence-electron chi connectivity index (χ2n) is 5.24. The van der Waals surface area contributed by atoms with Crippen molar-refractivity contribution in [3.8, 4) is 5.75 Å². The van der Waals surface area contributed by atoms with E-state index in [1.54, 1.807) is 12.1 Å². The van der Waals surface area contributed by atoms with E-state index in [-0.39, 0.29) is 17.3 Å². The van der Waals surface area contributed by atoms with Crippen LogP contribution in [0.2, 0.25) is 0 Å². The predicted octanol–water partition coefficient (Wildman–Crippen LogP) is 3.37. The van der Waals surface area contributed by atoms with Crippen LogP contribution in [-0.4, -0.2) is 18.7 Å². The van der Waals surface area contributed by atoms with Crippen LogP contribution < -0.4 is 10.1 Å². The summed E-state index contributed by atoms with van der Waals surface area (Å²) in [4.78, 5) is 0. The maximum atomic E-state index is 13.6. The number of ether oxygens (including phenoxy) is 1. The van der Waals surface area contributed by atoms with Gasteiger partial charge in [0, 0.05) is 17.9 Å². The summed E-state index contributed by atoms with van der Waals surface area (Å²) in [5.41, 5.74) is 0.0955. The van der Waals surface area contributed by atoms with E-state index in [1.165, 1.54) is 6.07 Å². The standard InChI is InChI=1S/C15H22FNO/c1-4-15(3)13(17-5-2)10-14(15)18-12-9-7-6-8-11(12)16/h6-9,13-14,17H,4-5,10H2,1-3H3. The van der Waals surface area contributed by atoms with Gasteiger partial charge in [-0.05, 0) is 25.1 Å². The number of halogens is 1. The second kappa shape index (κ2) is 5.27. The molecule has 0 radical (unpaired) electrons. The highest BCUT2D eigenvalue weighted by molar-refractivity contribution is 5.25. The monoisotopic (exact) mass is 251 g/mol. The normalized spacial score (nSPS) is 30.9. The largest absolute Gasteiger partial charge is 0.487 e. The molecule has 1 fully saturated rings. The van der Waals surface area contributed by atoms with Gasteiger partial charge in [0.15, 0.2) is 11.6 Å². The SMILES string of the molecule is CCNC1CC(Oc2ccccc2F)C1(C)CC. The first-order valence-corrected chi connectivity index (χ1v) is 6.76. The minimum Gasteiger partial charge on any atom is -0.487 e. The van der Waals surface area contributed by atoms with Gasteiger partial charge in [0.2, 0.25) is 0 Å². The first kappa shape index (κ1) is 13.3. The molecule has 1 aliphatic rings. The maximum absolute atomic E-state index is 13.6. The van der Waals surface area contributed by atoms with E-state index in [9.17, 15) is 4.39 Å². The third kappa shape index (κ3) is 2.24.